The standard InChI is InChI=1S/C21H22BrN3O4S/c1-2-5-25-20(27)18(30-21(25)28)10-14-12-24(17-4-3-15(22)11-16(14)17)13-19(26)23-6-8-29-9-7-23/h3-4,10-12H,2,5-9,13H2,1H3/b18-10-. The summed E-state index contributed by atoms with van der Waals surface area (Å²) in [6.45, 7) is 4.88. The van der Waals surface area contributed by atoms with Crippen LogP contribution in [0.5, 0.6) is 0 Å². The average Bonchev–Trinajstić information content (AvgIpc) is 3.20. The highest BCUT2D eigenvalue weighted by Gasteiger charge is 2.34. The highest BCUT2D eigenvalue weighted by Crippen LogP contribution is 2.34. The molecule has 3 amide bonds. The largest absolute Gasteiger partial charge is 0.378 e. The van der Waals surface area contributed by atoms with Crippen LogP contribution in [0.15, 0.2) is 33.8 Å². The molecule has 1 aromatic heterocycles. The van der Waals surface area contributed by atoms with Crippen molar-refractivity contribution < 1.29 is 19.1 Å². The van der Waals surface area contributed by atoms with Crippen molar-refractivity contribution in [3.63, 3.8) is 0 Å². The van der Waals surface area contributed by atoms with Gasteiger partial charge in [-0.3, -0.25) is 19.3 Å². The number of ether oxygens (including phenoxy) is 1. The summed E-state index contributed by atoms with van der Waals surface area (Å²) >= 11 is 4.46. The summed E-state index contributed by atoms with van der Waals surface area (Å²) < 4.78 is 8.14. The molecule has 2 aromatic rings. The normalized spacial score (nSPS) is 18.8. The van der Waals surface area contributed by atoms with E-state index in [1.54, 1.807) is 6.08 Å². The van der Waals surface area contributed by atoms with E-state index in [-0.39, 0.29) is 23.6 Å². The van der Waals surface area contributed by atoms with Crippen LogP contribution in [0.2, 0.25) is 0 Å². The van der Waals surface area contributed by atoms with E-state index in [0.717, 1.165) is 39.1 Å². The molecule has 158 valence electrons. The summed E-state index contributed by atoms with van der Waals surface area (Å²) in [7, 11) is 0. The molecule has 0 saturated carbocycles. The molecule has 0 N–H and O–H groups in total. The van der Waals surface area contributed by atoms with Gasteiger partial charge in [0, 0.05) is 46.8 Å². The lowest BCUT2D eigenvalue weighted by atomic mass is 10.1. The number of imide groups is 1. The lowest BCUT2D eigenvalue weighted by molar-refractivity contribution is -0.135. The molecule has 0 atom stereocenters. The van der Waals surface area contributed by atoms with E-state index in [4.69, 9.17) is 4.74 Å². The number of carbonyl (C=O) groups is 3. The summed E-state index contributed by atoms with van der Waals surface area (Å²) in [5.74, 6) is -0.222. The maximum atomic E-state index is 12.8. The Kier molecular flexibility index (Phi) is 6.31. The first-order valence-electron chi connectivity index (χ1n) is 9.87. The van der Waals surface area contributed by atoms with Gasteiger partial charge in [0.1, 0.15) is 6.54 Å². The second-order valence-corrected chi connectivity index (χ2v) is 9.11. The topological polar surface area (TPSA) is 71.8 Å². The average molecular weight is 492 g/mol. The Bertz CT molecular complexity index is 1040. The number of amides is 3. The Labute approximate surface area is 187 Å². The first-order chi connectivity index (χ1) is 14.5. The molecule has 0 bridgehead atoms. The van der Waals surface area contributed by atoms with Gasteiger partial charge < -0.3 is 14.2 Å². The number of rotatable bonds is 5. The van der Waals surface area contributed by atoms with E-state index in [9.17, 15) is 14.4 Å². The molecule has 0 aliphatic carbocycles. The molecule has 2 aliphatic rings. The zero-order chi connectivity index (χ0) is 21.3. The molecule has 0 radical (unpaired) electrons. The summed E-state index contributed by atoms with van der Waals surface area (Å²) in [5, 5.41) is 0.682. The molecule has 30 heavy (non-hydrogen) atoms. The molecule has 0 spiro atoms. The SMILES string of the molecule is CCCN1C(=O)S/C(=C\c2cn(CC(=O)N3CCOCC3)c3ccc(Br)cc23)C1=O. The van der Waals surface area contributed by atoms with Gasteiger partial charge >= 0.3 is 0 Å². The van der Waals surface area contributed by atoms with Crippen molar-refractivity contribution in [1.82, 2.24) is 14.4 Å². The van der Waals surface area contributed by atoms with E-state index in [1.807, 2.05) is 40.8 Å². The van der Waals surface area contributed by atoms with E-state index >= 15 is 0 Å². The van der Waals surface area contributed by atoms with Gasteiger partial charge in [0.2, 0.25) is 5.91 Å². The molecule has 2 fully saturated rings. The quantitative estimate of drug-likeness (QED) is 0.596. The van der Waals surface area contributed by atoms with E-state index < -0.39 is 0 Å². The predicted molar refractivity (Wildman–Crippen MR) is 120 cm³/mol. The van der Waals surface area contributed by atoms with Gasteiger partial charge in [-0.2, -0.15) is 0 Å². The second kappa shape index (κ2) is 8.95. The minimum absolute atomic E-state index is 0.0351. The number of benzene rings is 1. The van der Waals surface area contributed by atoms with Crippen molar-refractivity contribution in [3.05, 3.63) is 39.3 Å². The van der Waals surface area contributed by atoms with E-state index in [1.165, 1.54) is 4.90 Å². The maximum Gasteiger partial charge on any atom is 0.293 e. The highest BCUT2D eigenvalue weighted by atomic mass is 79.9. The van der Waals surface area contributed by atoms with Gasteiger partial charge in [-0.15, -0.1) is 0 Å². The molecular weight excluding hydrogens is 470 g/mol. The van der Waals surface area contributed by atoms with Gasteiger partial charge in [0.15, 0.2) is 0 Å². The predicted octanol–water partition coefficient (Wildman–Crippen LogP) is 3.71. The van der Waals surface area contributed by atoms with E-state index in [0.29, 0.717) is 37.8 Å². The molecule has 9 heteroatoms. The Morgan fingerprint density at radius 3 is 2.77 bits per heavy atom. The summed E-state index contributed by atoms with van der Waals surface area (Å²) in [4.78, 5) is 41.1. The molecule has 3 heterocycles. The van der Waals surface area contributed by atoms with Crippen LogP contribution >= 0.6 is 27.7 Å². The monoisotopic (exact) mass is 491 g/mol. The van der Waals surface area contributed by atoms with Crippen LogP contribution < -0.4 is 0 Å². The zero-order valence-electron chi connectivity index (χ0n) is 16.6. The third-order valence-corrected chi connectivity index (χ3v) is 6.55. The van der Waals surface area contributed by atoms with Crippen molar-refractivity contribution in [2.75, 3.05) is 32.8 Å². The molecular formula is C21H22BrN3O4S. The molecule has 2 aliphatic heterocycles. The lowest BCUT2D eigenvalue weighted by Gasteiger charge is -2.27. The summed E-state index contributed by atoms with van der Waals surface area (Å²) in [5.41, 5.74) is 1.71. The third-order valence-electron chi connectivity index (χ3n) is 5.15. The number of fused-ring (bicyclic) bond motifs is 1. The molecule has 0 unspecified atom stereocenters. The van der Waals surface area contributed by atoms with Crippen LogP contribution in [0.1, 0.15) is 18.9 Å². The van der Waals surface area contributed by atoms with Crippen molar-refractivity contribution >= 4 is 61.7 Å². The zero-order valence-corrected chi connectivity index (χ0v) is 19.0. The first kappa shape index (κ1) is 21.1. The first-order valence-corrected chi connectivity index (χ1v) is 11.5. The lowest BCUT2D eigenvalue weighted by Crippen LogP contribution is -2.42. The number of hydrogen-bond acceptors (Lipinski definition) is 5. The van der Waals surface area contributed by atoms with Gasteiger partial charge in [-0.05, 0) is 42.5 Å². The Morgan fingerprint density at radius 2 is 2.03 bits per heavy atom. The van der Waals surface area contributed by atoms with Gasteiger partial charge in [-0.1, -0.05) is 22.9 Å². The number of halogens is 1. The molecule has 2 saturated heterocycles. The fourth-order valence-corrected chi connectivity index (χ4v) is 4.88. The van der Waals surface area contributed by atoms with Gasteiger partial charge in [0.25, 0.3) is 11.1 Å². The Balaban J connectivity index is 1.67. The van der Waals surface area contributed by atoms with Crippen molar-refractivity contribution in [2.24, 2.45) is 0 Å². The molecule has 4 rings (SSSR count). The second-order valence-electron chi connectivity index (χ2n) is 7.20. The molecule has 7 nitrogen and oxygen atoms in total. The van der Waals surface area contributed by atoms with Crippen molar-refractivity contribution in [2.45, 2.75) is 19.9 Å². The highest BCUT2D eigenvalue weighted by molar-refractivity contribution is 9.10. The van der Waals surface area contributed by atoms with Crippen LogP contribution in [-0.4, -0.2) is 64.3 Å². The minimum Gasteiger partial charge on any atom is -0.378 e. The maximum absolute atomic E-state index is 12.8. The number of hydrogen-bond donors (Lipinski definition) is 0. The Morgan fingerprint density at radius 1 is 1.27 bits per heavy atom. The van der Waals surface area contributed by atoms with Crippen LogP contribution in [0.3, 0.4) is 0 Å². The number of morpholine rings is 1. The number of nitrogens with zero attached hydrogens (tertiary/aromatic N) is 3. The number of carbonyl (C=O) groups excluding carboxylic acids is 3. The van der Waals surface area contributed by atoms with Gasteiger partial charge in [0.05, 0.1) is 18.1 Å². The number of thioether (sulfide) groups is 1. The fourth-order valence-electron chi connectivity index (χ4n) is 3.66. The number of aromatic nitrogens is 1. The van der Waals surface area contributed by atoms with Crippen molar-refractivity contribution in [1.29, 1.82) is 0 Å². The van der Waals surface area contributed by atoms with Crippen LogP contribution in [0.25, 0.3) is 17.0 Å². The summed E-state index contributed by atoms with van der Waals surface area (Å²) in [6, 6.07) is 5.84. The van der Waals surface area contributed by atoms with Crippen LogP contribution in [0.4, 0.5) is 4.79 Å². The van der Waals surface area contributed by atoms with Crippen LogP contribution in [0, 0.1) is 0 Å². The molecule has 1 aromatic carbocycles. The van der Waals surface area contributed by atoms with Gasteiger partial charge in [-0.25, -0.2) is 0 Å². The third kappa shape index (κ3) is 4.19. The Hall–Kier alpha value is -2.10. The minimum atomic E-state index is -0.257. The van der Waals surface area contributed by atoms with E-state index in [2.05, 4.69) is 15.9 Å². The summed E-state index contributed by atoms with van der Waals surface area (Å²) in [6.07, 6.45) is 4.36. The van der Waals surface area contributed by atoms with Crippen LogP contribution in [-0.2, 0) is 20.9 Å². The fraction of sp³-hybridized carbons (Fsp3) is 0.381. The van der Waals surface area contributed by atoms with Crippen molar-refractivity contribution in [3.8, 4) is 0 Å². The smallest absolute Gasteiger partial charge is 0.293 e.